The molecular weight excluding hydrogens is 350 g/mol. The number of amides is 3. The van der Waals surface area contributed by atoms with Gasteiger partial charge in [-0.3, -0.25) is 34.6 Å². The number of carbonyl (C=O) groups excluding carboxylic acids is 3. The highest BCUT2D eigenvalue weighted by atomic mass is 16.2. The van der Waals surface area contributed by atoms with Crippen LogP contribution in [0, 0.1) is 0 Å². The highest BCUT2D eigenvalue weighted by molar-refractivity contribution is 5.86. The van der Waals surface area contributed by atoms with Gasteiger partial charge in [-0.25, -0.2) is 4.98 Å². The highest BCUT2D eigenvalue weighted by Crippen LogP contribution is 2.10. The second-order valence-corrected chi connectivity index (χ2v) is 6.42. The van der Waals surface area contributed by atoms with Gasteiger partial charge in [-0.1, -0.05) is 18.6 Å². The van der Waals surface area contributed by atoms with E-state index in [0.29, 0.717) is 23.9 Å². The third-order valence-corrected chi connectivity index (χ3v) is 4.39. The van der Waals surface area contributed by atoms with Crippen LogP contribution in [0.5, 0.6) is 0 Å². The van der Waals surface area contributed by atoms with Gasteiger partial charge in [-0.2, -0.15) is 0 Å². The first kappa shape index (κ1) is 18.6. The number of likely N-dealkylation sites (tertiary alicyclic amines) is 1. The average molecular weight is 371 g/mol. The Balaban J connectivity index is 1.54. The largest absolute Gasteiger partial charge is 0.333 e. The summed E-state index contributed by atoms with van der Waals surface area (Å²) in [5, 5.41) is 0.413. The molecule has 1 aliphatic rings. The van der Waals surface area contributed by atoms with E-state index in [1.807, 2.05) is 0 Å². The van der Waals surface area contributed by atoms with Gasteiger partial charge in [0.2, 0.25) is 5.91 Å². The van der Waals surface area contributed by atoms with Gasteiger partial charge in [0, 0.05) is 13.0 Å². The maximum absolute atomic E-state index is 12.3. The normalized spacial score (nSPS) is 14.7. The summed E-state index contributed by atoms with van der Waals surface area (Å²) in [4.78, 5) is 53.9. The summed E-state index contributed by atoms with van der Waals surface area (Å²) in [7, 11) is 0. The first-order chi connectivity index (χ1) is 13.0. The van der Waals surface area contributed by atoms with Crippen molar-refractivity contribution in [2.45, 2.75) is 32.2 Å². The number of aromatic nitrogens is 2. The molecule has 3 amide bonds. The Morgan fingerprint density at radius 2 is 1.74 bits per heavy atom. The third kappa shape index (κ3) is 4.69. The standard InChI is InChI=1S/C18H21N5O4/c24-15(10-22-9-5-1-2-8-17(22)26)20-21-16(25)11-23-12-19-14-7-4-3-6-13(14)18(23)27/h3-4,6-7,12H,1-2,5,8-11H2,(H,20,24)(H,21,25). The maximum Gasteiger partial charge on any atom is 0.261 e. The minimum Gasteiger partial charge on any atom is -0.333 e. The van der Waals surface area contributed by atoms with Crippen LogP contribution < -0.4 is 16.4 Å². The van der Waals surface area contributed by atoms with Gasteiger partial charge >= 0.3 is 0 Å². The van der Waals surface area contributed by atoms with E-state index in [4.69, 9.17) is 0 Å². The first-order valence-electron chi connectivity index (χ1n) is 8.84. The van der Waals surface area contributed by atoms with Crippen molar-refractivity contribution < 1.29 is 14.4 Å². The molecule has 142 valence electrons. The van der Waals surface area contributed by atoms with Gasteiger partial charge < -0.3 is 4.90 Å². The van der Waals surface area contributed by atoms with Crippen molar-refractivity contribution in [3.63, 3.8) is 0 Å². The van der Waals surface area contributed by atoms with Crippen LogP contribution in [0.15, 0.2) is 35.4 Å². The number of hydrogen-bond acceptors (Lipinski definition) is 5. The summed E-state index contributed by atoms with van der Waals surface area (Å²) in [5.41, 5.74) is 4.76. The van der Waals surface area contributed by atoms with E-state index in [9.17, 15) is 19.2 Å². The summed E-state index contributed by atoms with van der Waals surface area (Å²) in [6.45, 7) is 0.161. The zero-order valence-electron chi connectivity index (χ0n) is 14.8. The second-order valence-electron chi connectivity index (χ2n) is 6.42. The predicted molar refractivity (Wildman–Crippen MR) is 97.3 cm³/mol. The van der Waals surface area contributed by atoms with Crippen LogP contribution in [0.3, 0.4) is 0 Å². The molecule has 2 N–H and O–H groups in total. The van der Waals surface area contributed by atoms with Crippen LogP contribution in [0.2, 0.25) is 0 Å². The van der Waals surface area contributed by atoms with Crippen molar-refractivity contribution in [3.05, 3.63) is 40.9 Å². The molecule has 0 bridgehead atoms. The molecule has 9 nitrogen and oxygen atoms in total. The maximum atomic E-state index is 12.3. The number of para-hydroxylation sites is 1. The molecule has 2 heterocycles. The van der Waals surface area contributed by atoms with Crippen LogP contribution in [0.25, 0.3) is 10.9 Å². The van der Waals surface area contributed by atoms with E-state index >= 15 is 0 Å². The highest BCUT2D eigenvalue weighted by Gasteiger charge is 2.19. The molecule has 27 heavy (non-hydrogen) atoms. The van der Waals surface area contributed by atoms with Crippen LogP contribution >= 0.6 is 0 Å². The Kier molecular flexibility index (Phi) is 5.80. The van der Waals surface area contributed by atoms with Crippen LogP contribution in [-0.4, -0.2) is 45.3 Å². The first-order valence-corrected chi connectivity index (χ1v) is 8.84. The summed E-state index contributed by atoms with van der Waals surface area (Å²) >= 11 is 0. The van der Waals surface area contributed by atoms with Gasteiger partial charge in [0.05, 0.1) is 17.2 Å². The van der Waals surface area contributed by atoms with Gasteiger partial charge in [-0.05, 0) is 25.0 Å². The van der Waals surface area contributed by atoms with Crippen molar-refractivity contribution in [1.29, 1.82) is 0 Å². The molecule has 1 aromatic carbocycles. The van der Waals surface area contributed by atoms with Gasteiger partial charge in [0.1, 0.15) is 13.1 Å². The van der Waals surface area contributed by atoms with Crippen LogP contribution in [0.4, 0.5) is 0 Å². The fraction of sp³-hybridized carbons (Fsp3) is 0.389. The van der Waals surface area contributed by atoms with Crippen molar-refractivity contribution in [1.82, 2.24) is 25.3 Å². The lowest BCUT2D eigenvalue weighted by atomic mass is 10.2. The van der Waals surface area contributed by atoms with E-state index in [1.165, 1.54) is 15.8 Å². The molecule has 0 radical (unpaired) electrons. The second kappa shape index (κ2) is 8.43. The quantitative estimate of drug-likeness (QED) is 0.732. The number of benzene rings is 1. The van der Waals surface area contributed by atoms with E-state index in [1.54, 1.807) is 24.3 Å². The van der Waals surface area contributed by atoms with E-state index in [-0.39, 0.29) is 24.6 Å². The van der Waals surface area contributed by atoms with Crippen LogP contribution in [0.1, 0.15) is 25.7 Å². The zero-order chi connectivity index (χ0) is 19.2. The monoisotopic (exact) mass is 371 g/mol. The Morgan fingerprint density at radius 3 is 2.56 bits per heavy atom. The molecule has 0 atom stereocenters. The summed E-state index contributed by atoms with van der Waals surface area (Å²) in [6, 6.07) is 6.85. The summed E-state index contributed by atoms with van der Waals surface area (Å²) in [6.07, 6.45) is 4.40. The molecule has 0 aliphatic carbocycles. The summed E-state index contributed by atoms with van der Waals surface area (Å²) in [5.74, 6) is -1.10. The van der Waals surface area contributed by atoms with Crippen molar-refractivity contribution >= 4 is 28.6 Å². The molecule has 1 saturated heterocycles. The van der Waals surface area contributed by atoms with E-state index in [0.717, 1.165) is 19.3 Å². The number of carbonyl (C=O) groups is 3. The molecule has 0 spiro atoms. The molecule has 1 fully saturated rings. The molecule has 0 saturated carbocycles. The Labute approximate surface area is 155 Å². The Morgan fingerprint density at radius 1 is 1.00 bits per heavy atom. The molecule has 1 aliphatic heterocycles. The molecule has 0 unspecified atom stereocenters. The minimum atomic E-state index is -0.565. The van der Waals surface area contributed by atoms with Gasteiger partial charge in [0.25, 0.3) is 17.4 Å². The fourth-order valence-corrected chi connectivity index (χ4v) is 2.97. The Bertz CT molecular complexity index is 923. The average Bonchev–Trinajstić information content (AvgIpc) is 2.87. The third-order valence-electron chi connectivity index (χ3n) is 4.39. The number of rotatable bonds is 4. The number of nitrogens with one attached hydrogen (secondary N) is 2. The number of hydrazine groups is 1. The number of nitrogens with zero attached hydrogens (tertiary/aromatic N) is 3. The van der Waals surface area contributed by atoms with Crippen LogP contribution in [-0.2, 0) is 20.9 Å². The predicted octanol–water partition coefficient (Wildman–Crippen LogP) is -0.0535. The van der Waals surface area contributed by atoms with Gasteiger partial charge in [-0.15, -0.1) is 0 Å². The number of fused-ring (bicyclic) bond motifs is 1. The minimum absolute atomic E-state index is 0.0530. The fourth-order valence-electron chi connectivity index (χ4n) is 2.97. The van der Waals surface area contributed by atoms with Crippen molar-refractivity contribution in [2.75, 3.05) is 13.1 Å². The molecule has 9 heteroatoms. The lowest BCUT2D eigenvalue weighted by Crippen LogP contribution is -2.48. The summed E-state index contributed by atoms with van der Waals surface area (Å²) < 4.78 is 1.17. The smallest absolute Gasteiger partial charge is 0.261 e. The lowest BCUT2D eigenvalue weighted by Gasteiger charge is -2.19. The molecule has 1 aromatic heterocycles. The van der Waals surface area contributed by atoms with E-state index in [2.05, 4.69) is 15.8 Å². The molecule has 3 rings (SSSR count). The van der Waals surface area contributed by atoms with Gasteiger partial charge in [0.15, 0.2) is 0 Å². The van der Waals surface area contributed by atoms with E-state index < -0.39 is 11.8 Å². The molecular formula is C18H21N5O4. The topological polar surface area (TPSA) is 113 Å². The number of hydrogen-bond donors (Lipinski definition) is 2. The molecule has 2 aromatic rings. The Hall–Kier alpha value is -3.23. The van der Waals surface area contributed by atoms with Crippen molar-refractivity contribution in [2.24, 2.45) is 0 Å². The van der Waals surface area contributed by atoms with Crippen molar-refractivity contribution in [3.8, 4) is 0 Å². The SMILES string of the molecule is O=C(CN1CCCCCC1=O)NNC(=O)Cn1cnc2ccccc2c1=O. The zero-order valence-corrected chi connectivity index (χ0v) is 14.8. The lowest BCUT2D eigenvalue weighted by molar-refractivity contribution is -0.136.